The predicted octanol–water partition coefficient (Wildman–Crippen LogP) is 1.52. The minimum Gasteiger partial charge on any atom is -0.335 e. The number of carbonyl (C=O) groups is 1. The molecule has 5 nitrogen and oxygen atoms in total. The molecule has 0 aliphatic carbocycles. The third kappa shape index (κ3) is 3.53. The molecule has 0 bridgehead atoms. The second-order valence-corrected chi connectivity index (χ2v) is 6.12. The van der Waals surface area contributed by atoms with Gasteiger partial charge < -0.3 is 9.80 Å². The highest BCUT2D eigenvalue weighted by molar-refractivity contribution is 5.92. The van der Waals surface area contributed by atoms with Gasteiger partial charge in [0.05, 0.1) is 6.20 Å². The zero-order valence-electron chi connectivity index (χ0n) is 12.7. The average Bonchev–Trinajstić information content (AvgIpc) is 3.19. The molecule has 1 atom stereocenters. The van der Waals surface area contributed by atoms with Gasteiger partial charge in [0.25, 0.3) is 0 Å². The van der Waals surface area contributed by atoms with Crippen LogP contribution in [0.2, 0.25) is 0 Å². The monoisotopic (exact) mass is 288 g/mol. The van der Waals surface area contributed by atoms with Crippen molar-refractivity contribution in [3.8, 4) is 0 Å². The summed E-state index contributed by atoms with van der Waals surface area (Å²) in [4.78, 5) is 17.0. The van der Waals surface area contributed by atoms with Gasteiger partial charge in [0.1, 0.15) is 0 Å². The van der Waals surface area contributed by atoms with Crippen LogP contribution < -0.4 is 0 Å². The summed E-state index contributed by atoms with van der Waals surface area (Å²) in [6.45, 7) is 4.34. The number of aromatic nitrogens is 2. The summed E-state index contributed by atoms with van der Waals surface area (Å²) in [6.07, 6.45) is 12.1. The molecule has 21 heavy (non-hydrogen) atoms. The molecule has 1 aromatic rings. The molecule has 3 heterocycles. The maximum Gasteiger partial charge on any atom is 0.246 e. The van der Waals surface area contributed by atoms with Crippen molar-refractivity contribution in [1.82, 2.24) is 19.6 Å². The first-order valence-corrected chi connectivity index (χ1v) is 7.92. The SMILES string of the molecule is Cn1cc(/C=C/C(=O)N2CCCC2CN2CCCC2)cn1. The summed E-state index contributed by atoms with van der Waals surface area (Å²) in [5.41, 5.74) is 0.973. The second kappa shape index (κ2) is 6.43. The lowest BCUT2D eigenvalue weighted by Crippen LogP contribution is -2.41. The predicted molar refractivity (Wildman–Crippen MR) is 82.7 cm³/mol. The number of likely N-dealkylation sites (tertiary alicyclic amines) is 2. The number of carbonyl (C=O) groups excluding carboxylic acids is 1. The molecular formula is C16H24N4O. The van der Waals surface area contributed by atoms with Crippen LogP contribution in [0, 0.1) is 0 Å². The third-order valence-corrected chi connectivity index (χ3v) is 4.47. The smallest absolute Gasteiger partial charge is 0.246 e. The summed E-state index contributed by atoms with van der Waals surface area (Å²) in [6, 6.07) is 0.397. The van der Waals surface area contributed by atoms with E-state index in [1.54, 1.807) is 17.0 Å². The van der Waals surface area contributed by atoms with Gasteiger partial charge in [0.2, 0.25) is 5.91 Å². The largest absolute Gasteiger partial charge is 0.335 e. The van der Waals surface area contributed by atoms with Crippen molar-refractivity contribution in [2.45, 2.75) is 31.7 Å². The zero-order chi connectivity index (χ0) is 14.7. The van der Waals surface area contributed by atoms with Crippen molar-refractivity contribution in [3.63, 3.8) is 0 Å². The molecule has 3 rings (SSSR count). The van der Waals surface area contributed by atoms with Crippen molar-refractivity contribution in [2.24, 2.45) is 7.05 Å². The number of nitrogens with zero attached hydrogens (tertiary/aromatic N) is 4. The molecule has 2 saturated heterocycles. The molecule has 2 aliphatic heterocycles. The molecular weight excluding hydrogens is 264 g/mol. The molecule has 1 aromatic heterocycles. The molecule has 2 fully saturated rings. The van der Waals surface area contributed by atoms with E-state index in [0.717, 1.165) is 31.5 Å². The number of amides is 1. The highest BCUT2D eigenvalue weighted by Gasteiger charge is 2.29. The van der Waals surface area contributed by atoms with E-state index >= 15 is 0 Å². The van der Waals surface area contributed by atoms with Gasteiger partial charge in [-0.1, -0.05) is 0 Å². The van der Waals surface area contributed by atoms with Gasteiger partial charge in [-0.05, 0) is 44.8 Å². The first kappa shape index (κ1) is 14.3. The van der Waals surface area contributed by atoms with Gasteiger partial charge in [-0.2, -0.15) is 5.10 Å². The fourth-order valence-corrected chi connectivity index (χ4v) is 3.37. The number of hydrogen-bond acceptors (Lipinski definition) is 3. The molecule has 1 amide bonds. The summed E-state index contributed by atoms with van der Waals surface area (Å²) >= 11 is 0. The summed E-state index contributed by atoms with van der Waals surface area (Å²) in [5, 5.41) is 4.11. The van der Waals surface area contributed by atoms with Crippen molar-refractivity contribution in [3.05, 3.63) is 24.0 Å². The Bertz CT molecular complexity index is 516. The van der Waals surface area contributed by atoms with E-state index in [9.17, 15) is 4.79 Å². The lowest BCUT2D eigenvalue weighted by molar-refractivity contribution is -0.127. The van der Waals surface area contributed by atoms with Crippen LogP contribution in [0.3, 0.4) is 0 Å². The van der Waals surface area contributed by atoms with E-state index in [1.165, 1.54) is 25.9 Å². The van der Waals surface area contributed by atoms with Crippen LogP contribution in [-0.4, -0.2) is 57.7 Å². The van der Waals surface area contributed by atoms with Gasteiger partial charge in [0, 0.05) is 44.0 Å². The highest BCUT2D eigenvalue weighted by Crippen LogP contribution is 2.21. The minimum absolute atomic E-state index is 0.139. The van der Waals surface area contributed by atoms with Gasteiger partial charge in [-0.25, -0.2) is 0 Å². The van der Waals surface area contributed by atoms with Gasteiger partial charge in [-0.15, -0.1) is 0 Å². The Hall–Kier alpha value is -1.62. The first-order chi connectivity index (χ1) is 10.2. The Morgan fingerprint density at radius 1 is 1.33 bits per heavy atom. The molecule has 0 radical (unpaired) electrons. The van der Waals surface area contributed by atoms with Gasteiger partial charge >= 0.3 is 0 Å². The Balaban J connectivity index is 1.58. The quantitative estimate of drug-likeness (QED) is 0.789. The van der Waals surface area contributed by atoms with Crippen LogP contribution in [0.1, 0.15) is 31.2 Å². The zero-order valence-corrected chi connectivity index (χ0v) is 12.7. The van der Waals surface area contributed by atoms with E-state index in [0.29, 0.717) is 6.04 Å². The van der Waals surface area contributed by atoms with Crippen LogP contribution in [0.4, 0.5) is 0 Å². The van der Waals surface area contributed by atoms with Crippen LogP contribution in [-0.2, 0) is 11.8 Å². The lowest BCUT2D eigenvalue weighted by Gasteiger charge is -2.27. The Labute approximate surface area is 126 Å². The summed E-state index contributed by atoms with van der Waals surface area (Å²) in [7, 11) is 1.88. The molecule has 0 aromatic carbocycles. The molecule has 0 spiro atoms. The van der Waals surface area contributed by atoms with E-state index < -0.39 is 0 Å². The van der Waals surface area contributed by atoms with Gasteiger partial charge in [0.15, 0.2) is 0 Å². The topological polar surface area (TPSA) is 41.4 Å². The Kier molecular flexibility index (Phi) is 4.39. The van der Waals surface area contributed by atoms with Crippen molar-refractivity contribution in [1.29, 1.82) is 0 Å². The highest BCUT2D eigenvalue weighted by atomic mass is 16.2. The summed E-state index contributed by atoms with van der Waals surface area (Å²) < 4.78 is 1.75. The maximum atomic E-state index is 12.4. The fraction of sp³-hybridized carbons (Fsp3) is 0.625. The van der Waals surface area contributed by atoms with Crippen LogP contribution in [0.5, 0.6) is 0 Å². The molecule has 114 valence electrons. The van der Waals surface area contributed by atoms with Crippen LogP contribution >= 0.6 is 0 Å². The Morgan fingerprint density at radius 2 is 2.14 bits per heavy atom. The lowest BCUT2D eigenvalue weighted by atomic mass is 10.2. The van der Waals surface area contributed by atoms with E-state index in [1.807, 2.05) is 24.2 Å². The maximum absolute atomic E-state index is 12.4. The molecule has 2 aliphatic rings. The minimum atomic E-state index is 0.139. The van der Waals surface area contributed by atoms with Crippen LogP contribution in [0.25, 0.3) is 6.08 Å². The first-order valence-electron chi connectivity index (χ1n) is 7.92. The second-order valence-electron chi connectivity index (χ2n) is 6.12. The van der Waals surface area contributed by atoms with Crippen molar-refractivity contribution in [2.75, 3.05) is 26.2 Å². The van der Waals surface area contributed by atoms with Crippen molar-refractivity contribution >= 4 is 12.0 Å². The normalized spacial score (nSPS) is 23.5. The number of aryl methyl sites for hydroxylation is 1. The number of hydrogen-bond donors (Lipinski definition) is 0. The van der Waals surface area contributed by atoms with E-state index in [4.69, 9.17) is 0 Å². The molecule has 0 saturated carbocycles. The average molecular weight is 288 g/mol. The Morgan fingerprint density at radius 3 is 2.86 bits per heavy atom. The standard InChI is InChI=1S/C16H24N4O/c1-18-12-14(11-17-18)6-7-16(21)20-10-4-5-15(20)13-19-8-2-3-9-19/h6-7,11-12,15H,2-5,8-10,13H2,1H3/b7-6+. The van der Waals surface area contributed by atoms with Crippen molar-refractivity contribution < 1.29 is 4.79 Å². The molecule has 1 unspecified atom stereocenters. The fourth-order valence-electron chi connectivity index (χ4n) is 3.37. The molecule has 5 heteroatoms. The summed E-state index contributed by atoms with van der Waals surface area (Å²) in [5.74, 6) is 0.139. The van der Waals surface area contributed by atoms with Crippen LogP contribution in [0.15, 0.2) is 18.5 Å². The van der Waals surface area contributed by atoms with Gasteiger partial charge in [-0.3, -0.25) is 9.48 Å². The third-order valence-electron chi connectivity index (χ3n) is 4.47. The number of rotatable bonds is 4. The van der Waals surface area contributed by atoms with E-state index in [-0.39, 0.29) is 5.91 Å². The van der Waals surface area contributed by atoms with E-state index in [2.05, 4.69) is 10.00 Å². The molecule has 0 N–H and O–H groups in total.